The van der Waals surface area contributed by atoms with Crippen LogP contribution in [0.5, 0.6) is 0 Å². The van der Waals surface area contributed by atoms with Gasteiger partial charge in [-0.05, 0) is 27.2 Å². The minimum atomic E-state index is -3.42. The number of alkyl halides is 2. The van der Waals surface area contributed by atoms with Crippen LogP contribution in [0.4, 0.5) is 8.78 Å². The third-order valence-electron chi connectivity index (χ3n) is 5.14. The summed E-state index contributed by atoms with van der Waals surface area (Å²) in [6.45, 7) is 3.41. The quantitative estimate of drug-likeness (QED) is 0.249. The molecule has 3 N–H and O–H groups in total. The molecule has 4 atom stereocenters. The molecule has 0 spiro atoms. The second kappa shape index (κ2) is 11.4. The first-order valence-electron chi connectivity index (χ1n) is 10.2. The van der Waals surface area contributed by atoms with E-state index in [4.69, 9.17) is 24.5 Å². The fourth-order valence-corrected chi connectivity index (χ4v) is 3.93. The number of nitrogens with two attached hydrogens (primary N) is 1. The summed E-state index contributed by atoms with van der Waals surface area (Å²) < 4.78 is 60.4. The number of ether oxygens (including phenoxy) is 3. The lowest BCUT2D eigenvalue weighted by atomic mass is 9.82. The molecule has 0 aliphatic carbocycles. The highest BCUT2D eigenvalue weighted by Gasteiger charge is 2.52. The van der Waals surface area contributed by atoms with Crippen LogP contribution in [0, 0.1) is 5.92 Å². The molecule has 0 amide bonds. The van der Waals surface area contributed by atoms with Crippen LogP contribution in [-0.4, -0.2) is 59.0 Å². The zero-order valence-corrected chi connectivity index (χ0v) is 19.4. The lowest BCUT2D eigenvalue weighted by Gasteiger charge is -2.32. The molecule has 1 saturated heterocycles. The van der Waals surface area contributed by atoms with Gasteiger partial charge in [0, 0.05) is 24.8 Å². The molecular formula is C19H28F2N3O8P. The first kappa shape index (κ1) is 27.2. The molecule has 33 heavy (non-hydrogen) atoms. The molecule has 1 aromatic heterocycles. The Morgan fingerprint density at radius 2 is 2.12 bits per heavy atom. The normalized spacial score (nSPS) is 25.6. The second-order valence-corrected chi connectivity index (χ2v) is 8.71. The largest absolute Gasteiger partial charge is 0.463 e. The fourth-order valence-electron chi connectivity index (χ4n) is 3.72. The minimum Gasteiger partial charge on any atom is -0.463 e. The first-order chi connectivity index (χ1) is 15.4. The minimum absolute atomic E-state index is 0.137. The van der Waals surface area contributed by atoms with Gasteiger partial charge in [-0.25, -0.2) is 18.1 Å². The molecule has 0 bridgehead atoms. The summed E-state index contributed by atoms with van der Waals surface area (Å²) in [4.78, 5) is 37.2. The molecular weight excluding hydrogens is 467 g/mol. The van der Waals surface area contributed by atoms with Crippen molar-refractivity contribution in [2.45, 2.75) is 63.5 Å². The highest BCUT2D eigenvalue weighted by atomic mass is 31.1. The number of esters is 1. The van der Waals surface area contributed by atoms with E-state index in [0.717, 1.165) is 10.6 Å². The topological polar surface area (TPSA) is 152 Å². The Balaban J connectivity index is 2.05. The first-order valence-corrected chi connectivity index (χ1v) is 11.0. The van der Waals surface area contributed by atoms with Crippen LogP contribution < -0.4 is 17.0 Å². The Labute approximate surface area is 189 Å². The van der Waals surface area contributed by atoms with Gasteiger partial charge in [-0.3, -0.25) is 23.7 Å². The van der Waals surface area contributed by atoms with Crippen molar-refractivity contribution in [2.24, 2.45) is 11.7 Å². The van der Waals surface area contributed by atoms with Crippen LogP contribution in [-0.2, 0) is 28.1 Å². The van der Waals surface area contributed by atoms with Gasteiger partial charge in [-0.1, -0.05) is 0 Å². The maximum atomic E-state index is 14.0. The van der Waals surface area contributed by atoms with Crippen LogP contribution in [0.2, 0.25) is 0 Å². The molecule has 1 aromatic rings. The van der Waals surface area contributed by atoms with Gasteiger partial charge >= 0.3 is 20.3 Å². The van der Waals surface area contributed by atoms with Crippen LogP contribution in [0.3, 0.4) is 0 Å². The SMILES string of the molecule is CC(C)OC(=O)CC(F)(F)COCC[C@@H]1[C@@H](COP=O)O[C@@H](n2ccc(=O)[nH]c2=O)[C@]1(C)N. The molecule has 11 nitrogen and oxygen atoms in total. The van der Waals surface area contributed by atoms with Crippen molar-refractivity contribution in [3.05, 3.63) is 33.1 Å². The highest BCUT2D eigenvalue weighted by molar-refractivity contribution is 7.17. The predicted octanol–water partition coefficient (Wildman–Crippen LogP) is 1.37. The maximum absolute atomic E-state index is 14.0. The van der Waals surface area contributed by atoms with Crippen molar-refractivity contribution in [3.8, 4) is 0 Å². The van der Waals surface area contributed by atoms with Gasteiger partial charge < -0.3 is 19.9 Å². The van der Waals surface area contributed by atoms with Crippen molar-refractivity contribution in [1.29, 1.82) is 0 Å². The van der Waals surface area contributed by atoms with E-state index in [9.17, 15) is 27.7 Å². The lowest BCUT2D eigenvalue weighted by molar-refractivity contribution is -0.160. The smallest absolute Gasteiger partial charge is 0.330 e. The molecule has 0 unspecified atom stereocenters. The average Bonchev–Trinajstić information content (AvgIpc) is 2.92. The zero-order chi connectivity index (χ0) is 24.8. The monoisotopic (exact) mass is 495 g/mol. The Hall–Kier alpha value is -2.05. The summed E-state index contributed by atoms with van der Waals surface area (Å²) in [5, 5.41) is 0. The number of carbonyl (C=O) groups is 1. The standard InChI is InChI=1S/C19H28F2N3O8P/c1-11(2)31-15(26)8-19(20,21)10-29-7-5-12-13(9-30-33-28)32-16(18(12,3)22)24-6-4-14(25)23-17(24)27/h4,6,11-13,16H,5,7-10,22H2,1-3H3,(H,23,25,27)/t12-,13-,16-,18-/m1/s1. The van der Waals surface area contributed by atoms with E-state index in [1.54, 1.807) is 20.8 Å². The summed E-state index contributed by atoms with van der Waals surface area (Å²) in [6, 6.07) is 1.13. The Morgan fingerprint density at radius 3 is 2.73 bits per heavy atom. The Kier molecular flexibility index (Phi) is 9.38. The third-order valence-corrected chi connectivity index (χ3v) is 5.39. The van der Waals surface area contributed by atoms with Gasteiger partial charge in [-0.2, -0.15) is 0 Å². The number of nitrogens with one attached hydrogen (secondary N) is 1. The second-order valence-electron chi connectivity index (χ2n) is 8.30. The van der Waals surface area contributed by atoms with Crippen molar-refractivity contribution in [1.82, 2.24) is 9.55 Å². The van der Waals surface area contributed by atoms with Gasteiger partial charge in [0.15, 0.2) is 6.23 Å². The van der Waals surface area contributed by atoms with Crippen LogP contribution in [0.15, 0.2) is 21.9 Å². The molecule has 1 aliphatic rings. The van der Waals surface area contributed by atoms with Crippen LogP contribution in [0.25, 0.3) is 0 Å². The summed E-state index contributed by atoms with van der Waals surface area (Å²) in [7, 11) is -0.594. The molecule has 1 fully saturated rings. The Morgan fingerprint density at radius 1 is 1.42 bits per heavy atom. The summed E-state index contributed by atoms with van der Waals surface area (Å²) >= 11 is 0. The molecule has 186 valence electrons. The maximum Gasteiger partial charge on any atom is 0.330 e. The molecule has 0 radical (unpaired) electrons. The van der Waals surface area contributed by atoms with Crippen LogP contribution >= 0.6 is 8.69 Å². The molecule has 1 aliphatic heterocycles. The molecule has 14 heteroatoms. The number of halogens is 2. The summed E-state index contributed by atoms with van der Waals surface area (Å²) in [5.41, 5.74) is 3.93. The van der Waals surface area contributed by atoms with Crippen molar-refractivity contribution < 1.29 is 36.9 Å². The number of rotatable bonds is 12. The number of H-pyrrole nitrogens is 1. The van der Waals surface area contributed by atoms with E-state index < -0.39 is 74.7 Å². The van der Waals surface area contributed by atoms with Gasteiger partial charge in [0.1, 0.15) is 13.0 Å². The number of nitrogens with zero attached hydrogens (tertiary/aromatic N) is 1. The van der Waals surface area contributed by atoms with Crippen molar-refractivity contribution in [3.63, 3.8) is 0 Å². The third kappa shape index (κ3) is 7.47. The highest BCUT2D eigenvalue weighted by Crippen LogP contribution is 2.42. The van der Waals surface area contributed by atoms with Gasteiger partial charge in [0.25, 0.3) is 11.5 Å². The van der Waals surface area contributed by atoms with Crippen molar-refractivity contribution >= 4 is 14.7 Å². The molecule has 0 aromatic carbocycles. The molecule has 2 rings (SSSR count). The number of aromatic amines is 1. The molecule has 2 heterocycles. The Bertz CT molecular complexity index is 936. The zero-order valence-electron chi connectivity index (χ0n) is 18.5. The van der Waals surface area contributed by atoms with Crippen molar-refractivity contribution in [2.75, 3.05) is 19.8 Å². The van der Waals surface area contributed by atoms with Crippen LogP contribution in [0.1, 0.15) is 39.8 Å². The average molecular weight is 495 g/mol. The number of aromatic nitrogens is 2. The predicted molar refractivity (Wildman–Crippen MR) is 111 cm³/mol. The number of hydrogen-bond acceptors (Lipinski definition) is 9. The number of carbonyl (C=O) groups excluding carboxylic acids is 1. The van der Waals surface area contributed by atoms with E-state index in [1.807, 2.05) is 0 Å². The number of hydrogen-bond donors (Lipinski definition) is 2. The van der Waals surface area contributed by atoms with E-state index in [1.165, 1.54) is 6.20 Å². The van der Waals surface area contributed by atoms with E-state index in [-0.39, 0.29) is 19.6 Å². The van der Waals surface area contributed by atoms with Gasteiger partial charge in [-0.15, -0.1) is 0 Å². The lowest BCUT2D eigenvalue weighted by Crippen LogP contribution is -2.51. The fraction of sp³-hybridized carbons (Fsp3) is 0.737. The summed E-state index contributed by atoms with van der Waals surface area (Å²) in [6.07, 6.45) is -2.00. The van der Waals surface area contributed by atoms with E-state index in [0.29, 0.717) is 0 Å². The van der Waals surface area contributed by atoms with Gasteiger partial charge in [0.2, 0.25) is 0 Å². The van der Waals surface area contributed by atoms with Gasteiger partial charge in [0.05, 0.1) is 24.4 Å². The van der Waals surface area contributed by atoms with E-state index >= 15 is 0 Å². The van der Waals surface area contributed by atoms with E-state index in [2.05, 4.69) is 4.98 Å². The summed E-state index contributed by atoms with van der Waals surface area (Å²) in [5.74, 6) is -5.00. The molecule has 0 saturated carbocycles.